The maximum absolute atomic E-state index is 13.0. The summed E-state index contributed by atoms with van der Waals surface area (Å²) in [6.45, 7) is 0.671. The van der Waals surface area contributed by atoms with Crippen molar-refractivity contribution < 1.29 is 18.9 Å². The number of rotatable bonds is 6. The van der Waals surface area contributed by atoms with Crippen LogP contribution in [0.5, 0.6) is 0 Å². The molecule has 0 spiro atoms. The fourth-order valence-corrected chi connectivity index (χ4v) is 3.20. The Hall–Kier alpha value is -3.00. The van der Waals surface area contributed by atoms with Gasteiger partial charge in [0, 0.05) is 31.6 Å². The molecule has 1 aliphatic heterocycles. The summed E-state index contributed by atoms with van der Waals surface area (Å²) in [5.41, 5.74) is 0.840. The topological polar surface area (TPSA) is 92.5 Å². The number of nitro benzene ring substituents is 1. The van der Waals surface area contributed by atoms with Crippen LogP contribution in [0, 0.1) is 21.8 Å². The van der Waals surface area contributed by atoms with Gasteiger partial charge in [0.15, 0.2) is 0 Å². The molecule has 7 nitrogen and oxygen atoms in total. The summed E-state index contributed by atoms with van der Waals surface area (Å²) in [5, 5.41) is 13.6. The summed E-state index contributed by atoms with van der Waals surface area (Å²) in [4.78, 5) is 36.6. The second-order valence-corrected chi connectivity index (χ2v) is 6.93. The lowest BCUT2D eigenvalue weighted by Crippen LogP contribution is -2.30. The van der Waals surface area contributed by atoms with Crippen LogP contribution in [0.4, 0.5) is 15.8 Å². The van der Waals surface area contributed by atoms with Crippen LogP contribution in [0.2, 0.25) is 5.02 Å². The van der Waals surface area contributed by atoms with Crippen molar-refractivity contribution in [3.05, 3.63) is 69.0 Å². The third-order valence-electron chi connectivity index (χ3n) is 4.59. The number of benzene rings is 2. The lowest BCUT2D eigenvalue weighted by molar-refractivity contribution is -0.384. The highest BCUT2D eigenvalue weighted by molar-refractivity contribution is 6.33. The zero-order chi connectivity index (χ0) is 20.3. The van der Waals surface area contributed by atoms with E-state index in [9.17, 15) is 24.1 Å². The second kappa shape index (κ2) is 8.35. The molecule has 0 radical (unpaired) electrons. The lowest BCUT2D eigenvalue weighted by Gasteiger charge is -2.16. The molecule has 28 heavy (non-hydrogen) atoms. The summed E-state index contributed by atoms with van der Waals surface area (Å²) in [6.07, 6.45) is 0.610. The van der Waals surface area contributed by atoms with Crippen molar-refractivity contribution in [2.75, 3.05) is 18.4 Å². The number of hydrogen-bond donors (Lipinski definition) is 1. The van der Waals surface area contributed by atoms with Crippen molar-refractivity contribution in [2.24, 2.45) is 5.92 Å². The van der Waals surface area contributed by atoms with Crippen molar-refractivity contribution in [1.82, 2.24) is 4.90 Å². The summed E-state index contributed by atoms with van der Waals surface area (Å²) in [5.74, 6) is -1.46. The van der Waals surface area contributed by atoms with Gasteiger partial charge in [0.1, 0.15) is 5.82 Å². The third-order valence-corrected chi connectivity index (χ3v) is 4.92. The SMILES string of the molecule is O=C(Nc1cc([N+](=O)[O-])ccc1Cl)C1CC(=O)N(CCc2ccc(F)cc2)C1. The Morgan fingerprint density at radius 1 is 1.29 bits per heavy atom. The number of halogens is 2. The van der Waals surface area contributed by atoms with E-state index in [0.29, 0.717) is 13.0 Å². The lowest BCUT2D eigenvalue weighted by atomic mass is 10.1. The van der Waals surface area contributed by atoms with E-state index in [1.54, 1.807) is 17.0 Å². The number of carbonyl (C=O) groups is 2. The van der Waals surface area contributed by atoms with Gasteiger partial charge >= 0.3 is 0 Å². The standard InChI is InChI=1S/C19H17ClFN3O4/c20-16-6-5-15(24(27)28)10-17(16)22-19(26)13-9-18(25)23(11-13)8-7-12-1-3-14(21)4-2-12/h1-6,10,13H,7-9,11H2,(H,22,26). The van der Waals surface area contributed by atoms with Gasteiger partial charge in [-0.25, -0.2) is 4.39 Å². The molecule has 9 heteroatoms. The molecule has 2 aromatic rings. The summed E-state index contributed by atoms with van der Waals surface area (Å²) in [6, 6.07) is 9.80. The van der Waals surface area contributed by atoms with Gasteiger partial charge in [0.05, 0.1) is 21.6 Å². The molecule has 1 aliphatic rings. The molecular formula is C19H17ClFN3O4. The molecule has 1 N–H and O–H groups in total. The molecule has 2 aromatic carbocycles. The summed E-state index contributed by atoms with van der Waals surface area (Å²) >= 11 is 6.00. The third kappa shape index (κ3) is 4.64. The van der Waals surface area contributed by atoms with Gasteiger partial charge in [-0.05, 0) is 30.2 Å². The fraction of sp³-hybridized carbons (Fsp3) is 0.263. The minimum atomic E-state index is -0.581. The molecule has 0 bridgehead atoms. The van der Waals surface area contributed by atoms with E-state index in [-0.39, 0.29) is 41.1 Å². The first-order valence-corrected chi connectivity index (χ1v) is 8.98. The van der Waals surface area contributed by atoms with Crippen LogP contribution in [0.1, 0.15) is 12.0 Å². The van der Waals surface area contributed by atoms with Gasteiger partial charge in [-0.3, -0.25) is 19.7 Å². The van der Waals surface area contributed by atoms with Crippen molar-refractivity contribution in [3.8, 4) is 0 Å². The average molecular weight is 406 g/mol. The van der Waals surface area contributed by atoms with Crippen LogP contribution in [0.25, 0.3) is 0 Å². The normalized spacial score (nSPS) is 16.3. The summed E-state index contributed by atoms with van der Waals surface area (Å²) < 4.78 is 13.0. The van der Waals surface area contributed by atoms with E-state index in [1.165, 1.54) is 30.3 Å². The number of nitrogens with zero attached hydrogens (tertiary/aromatic N) is 2. The number of anilines is 1. The highest BCUT2D eigenvalue weighted by Crippen LogP contribution is 2.28. The Kier molecular flexibility index (Phi) is 5.89. The van der Waals surface area contributed by atoms with Crippen LogP contribution in [0.15, 0.2) is 42.5 Å². The minimum absolute atomic E-state index is 0.0573. The Balaban J connectivity index is 1.60. The van der Waals surface area contributed by atoms with E-state index in [4.69, 9.17) is 11.6 Å². The highest BCUT2D eigenvalue weighted by atomic mass is 35.5. The zero-order valence-electron chi connectivity index (χ0n) is 14.7. The van der Waals surface area contributed by atoms with Gasteiger partial charge in [-0.1, -0.05) is 23.7 Å². The molecule has 0 saturated carbocycles. The molecule has 0 aliphatic carbocycles. The molecule has 3 rings (SSSR count). The molecular weight excluding hydrogens is 389 g/mol. The Labute approximate surface area is 165 Å². The smallest absolute Gasteiger partial charge is 0.271 e. The van der Waals surface area contributed by atoms with Gasteiger partial charge in [0.25, 0.3) is 5.69 Å². The Morgan fingerprint density at radius 3 is 2.68 bits per heavy atom. The van der Waals surface area contributed by atoms with Gasteiger partial charge < -0.3 is 10.2 Å². The number of likely N-dealkylation sites (tertiary alicyclic amines) is 1. The number of carbonyl (C=O) groups excluding carboxylic acids is 2. The molecule has 1 saturated heterocycles. The Bertz CT molecular complexity index is 920. The summed E-state index contributed by atoms with van der Waals surface area (Å²) in [7, 11) is 0. The number of hydrogen-bond acceptors (Lipinski definition) is 4. The van der Waals surface area contributed by atoms with E-state index >= 15 is 0 Å². The minimum Gasteiger partial charge on any atom is -0.342 e. The maximum Gasteiger partial charge on any atom is 0.271 e. The van der Waals surface area contributed by atoms with E-state index in [0.717, 1.165) is 5.56 Å². The molecule has 0 aromatic heterocycles. The van der Waals surface area contributed by atoms with Crippen LogP contribution < -0.4 is 5.32 Å². The number of non-ortho nitro benzene ring substituents is 1. The predicted octanol–water partition coefficient (Wildman–Crippen LogP) is 3.42. The highest BCUT2D eigenvalue weighted by Gasteiger charge is 2.34. The zero-order valence-corrected chi connectivity index (χ0v) is 15.5. The largest absolute Gasteiger partial charge is 0.342 e. The van der Waals surface area contributed by atoms with E-state index in [1.807, 2.05) is 0 Å². The molecule has 1 unspecified atom stereocenters. The first-order chi connectivity index (χ1) is 13.3. The number of nitro groups is 1. The molecule has 2 amide bonds. The number of amides is 2. The maximum atomic E-state index is 13.0. The van der Waals surface area contributed by atoms with Gasteiger partial charge in [-0.15, -0.1) is 0 Å². The molecule has 1 fully saturated rings. The first-order valence-electron chi connectivity index (χ1n) is 8.60. The van der Waals surface area contributed by atoms with Crippen LogP contribution >= 0.6 is 11.6 Å². The Morgan fingerprint density at radius 2 is 2.00 bits per heavy atom. The van der Waals surface area contributed by atoms with E-state index < -0.39 is 16.7 Å². The monoisotopic (exact) mass is 405 g/mol. The molecule has 1 heterocycles. The average Bonchev–Trinajstić information content (AvgIpc) is 3.04. The molecule has 146 valence electrons. The van der Waals surface area contributed by atoms with Gasteiger partial charge in [-0.2, -0.15) is 0 Å². The first kappa shape index (κ1) is 19.8. The van der Waals surface area contributed by atoms with Crippen molar-refractivity contribution in [1.29, 1.82) is 0 Å². The second-order valence-electron chi connectivity index (χ2n) is 6.53. The van der Waals surface area contributed by atoms with Crippen LogP contribution in [-0.4, -0.2) is 34.7 Å². The number of nitrogens with one attached hydrogen (secondary N) is 1. The van der Waals surface area contributed by atoms with Crippen molar-refractivity contribution in [2.45, 2.75) is 12.8 Å². The van der Waals surface area contributed by atoms with Crippen molar-refractivity contribution in [3.63, 3.8) is 0 Å². The van der Waals surface area contributed by atoms with Crippen molar-refractivity contribution >= 4 is 34.8 Å². The predicted molar refractivity (Wildman–Crippen MR) is 102 cm³/mol. The van der Waals surface area contributed by atoms with Gasteiger partial charge in [0.2, 0.25) is 11.8 Å². The molecule has 1 atom stereocenters. The van der Waals surface area contributed by atoms with Crippen LogP contribution in [0.3, 0.4) is 0 Å². The van der Waals surface area contributed by atoms with E-state index in [2.05, 4.69) is 5.32 Å². The fourth-order valence-electron chi connectivity index (χ4n) is 3.04. The van der Waals surface area contributed by atoms with Crippen LogP contribution in [-0.2, 0) is 16.0 Å². The quantitative estimate of drug-likeness (QED) is 0.588.